The molecule has 3 rings (SSSR count). The van der Waals surface area contributed by atoms with Crippen molar-refractivity contribution >= 4 is 45.3 Å². The van der Waals surface area contributed by atoms with Crippen LogP contribution in [-0.4, -0.2) is 16.4 Å². The van der Waals surface area contributed by atoms with Crippen LogP contribution in [0.1, 0.15) is 0 Å². The van der Waals surface area contributed by atoms with Gasteiger partial charge in [0.1, 0.15) is 5.75 Å². The molecule has 0 atom stereocenters. The molecule has 0 radical (unpaired) electrons. The van der Waals surface area contributed by atoms with Crippen molar-refractivity contribution in [2.45, 2.75) is 0 Å². The Labute approximate surface area is 147 Å². The van der Waals surface area contributed by atoms with E-state index < -0.39 is 0 Å². The first-order chi connectivity index (χ1) is 11.7. The molecule has 0 bridgehead atoms. The van der Waals surface area contributed by atoms with Crippen LogP contribution in [0.3, 0.4) is 0 Å². The number of nitrogens with one attached hydrogen (secondary N) is 1. The predicted octanol–water partition coefficient (Wildman–Crippen LogP) is 4.69. The lowest BCUT2D eigenvalue weighted by molar-refractivity contribution is 0.487. The minimum absolute atomic E-state index is 0.397. The first kappa shape index (κ1) is 16.2. The van der Waals surface area contributed by atoms with Crippen LogP contribution in [0, 0.1) is 11.5 Å². The number of oxazole rings is 1. The molecule has 3 aromatic rings. The van der Waals surface area contributed by atoms with Gasteiger partial charge in [-0.1, -0.05) is 29.4 Å². The van der Waals surface area contributed by atoms with Crippen LogP contribution >= 0.6 is 23.4 Å². The lowest BCUT2D eigenvalue weighted by atomic mass is 10.3. The lowest BCUT2D eigenvalue weighted by Gasteiger charge is -2.08. The van der Waals surface area contributed by atoms with Crippen LogP contribution < -0.4 is 10.1 Å². The number of rotatable bonds is 3. The molecule has 0 unspecified atom stereocenters. The molecule has 0 spiro atoms. The van der Waals surface area contributed by atoms with E-state index in [2.05, 4.69) is 15.3 Å². The number of hydrogen-bond donors (Lipinski definition) is 1. The normalized spacial score (nSPS) is 11.3. The Morgan fingerprint density at radius 2 is 2.25 bits per heavy atom. The summed E-state index contributed by atoms with van der Waals surface area (Å²) in [4.78, 5) is 8.43. The van der Waals surface area contributed by atoms with Gasteiger partial charge in [-0.05, 0) is 36.6 Å². The number of benzene rings is 2. The predicted molar refractivity (Wildman–Crippen MR) is 94.9 cm³/mol. The number of nitrogens with zero attached hydrogens (tertiary/aromatic N) is 3. The van der Waals surface area contributed by atoms with Gasteiger partial charge in [-0.25, -0.2) is 9.98 Å². The van der Waals surface area contributed by atoms with Crippen molar-refractivity contribution in [1.82, 2.24) is 10.3 Å². The maximum Gasteiger partial charge on any atom is 0.183 e. The number of para-hydroxylation sites is 1. The first-order valence-corrected chi connectivity index (χ1v) is 8.39. The van der Waals surface area contributed by atoms with Gasteiger partial charge in [0.15, 0.2) is 34.6 Å². The van der Waals surface area contributed by atoms with Crippen molar-refractivity contribution in [3.05, 3.63) is 47.8 Å². The van der Waals surface area contributed by atoms with E-state index in [9.17, 15) is 0 Å². The third-order valence-electron chi connectivity index (χ3n) is 3.05. The van der Waals surface area contributed by atoms with E-state index >= 15 is 0 Å². The van der Waals surface area contributed by atoms with Gasteiger partial charge >= 0.3 is 0 Å². The van der Waals surface area contributed by atoms with Gasteiger partial charge < -0.3 is 9.15 Å². The average molecular weight is 359 g/mol. The fraction of sp³-hybridized carbons (Fsp3) is 0.0625. The Bertz CT molecular complexity index is 949. The number of ether oxygens (including phenoxy) is 1. The fourth-order valence-electron chi connectivity index (χ4n) is 1.99. The highest BCUT2D eigenvalue weighted by molar-refractivity contribution is 8.13. The second-order valence-corrected chi connectivity index (χ2v) is 5.73. The molecule has 0 aliphatic carbocycles. The van der Waals surface area contributed by atoms with Crippen molar-refractivity contribution in [2.75, 3.05) is 6.26 Å². The lowest BCUT2D eigenvalue weighted by Crippen LogP contribution is -2.12. The molecule has 1 heterocycles. The van der Waals surface area contributed by atoms with Gasteiger partial charge in [0.05, 0.1) is 10.7 Å². The van der Waals surface area contributed by atoms with Crippen molar-refractivity contribution in [3.63, 3.8) is 0 Å². The van der Waals surface area contributed by atoms with Crippen LogP contribution in [0.25, 0.3) is 11.1 Å². The molecule has 120 valence electrons. The summed E-state index contributed by atoms with van der Waals surface area (Å²) in [5.41, 5.74) is 1.87. The van der Waals surface area contributed by atoms with Gasteiger partial charge in [-0.15, -0.1) is 0 Å². The molecule has 0 saturated carbocycles. The molecule has 1 aromatic heterocycles. The molecule has 6 nitrogen and oxygen atoms in total. The second-order valence-electron chi connectivity index (χ2n) is 4.53. The quantitative estimate of drug-likeness (QED) is 0.316. The van der Waals surface area contributed by atoms with E-state index in [1.807, 2.05) is 18.5 Å². The highest BCUT2D eigenvalue weighted by Crippen LogP contribution is 2.35. The van der Waals surface area contributed by atoms with Gasteiger partial charge in [0.2, 0.25) is 0 Å². The Morgan fingerprint density at radius 3 is 3.00 bits per heavy atom. The molecule has 0 amide bonds. The SMILES string of the molecule is CSC(=Nc1ccc(Oc2cccc3ocnc23)c(Cl)c1)NC#N. The number of amidine groups is 1. The number of aliphatic imine (C=N–C) groups is 1. The number of nitriles is 1. The highest BCUT2D eigenvalue weighted by atomic mass is 35.5. The summed E-state index contributed by atoms with van der Waals surface area (Å²) >= 11 is 7.61. The molecule has 1 N–H and O–H groups in total. The molecule has 0 aliphatic rings. The van der Waals surface area contributed by atoms with E-state index in [0.717, 1.165) is 0 Å². The summed E-state index contributed by atoms with van der Waals surface area (Å²) in [5.74, 6) is 1.03. The molecule has 0 fully saturated rings. The number of halogens is 1. The minimum atomic E-state index is 0.397. The highest BCUT2D eigenvalue weighted by Gasteiger charge is 2.10. The van der Waals surface area contributed by atoms with Crippen molar-refractivity contribution in [2.24, 2.45) is 4.99 Å². The Morgan fingerprint density at radius 1 is 1.38 bits per heavy atom. The van der Waals surface area contributed by atoms with Crippen LogP contribution in [0.4, 0.5) is 5.69 Å². The number of fused-ring (bicyclic) bond motifs is 1. The first-order valence-electron chi connectivity index (χ1n) is 6.78. The fourth-order valence-corrected chi connectivity index (χ4v) is 2.55. The summed E-state index contributed by atoms with van der Waals surface area (Å²) in [6.07, 6.45) is 5.02. The molecular weight excluding hydrogens is 348 g/mol. The molecule has 24 heavy (non-hydrogen) atoms. The largest absolute Gasteiger partial charge is 0.453 e. The van der Waals surface area contributed by atoms with Crippen LogP contribution in [0.2, 0.25) is 5.02 Å². The molecule has 0 saturated heterocycles. The maximum absolute atomic E-state index is 8.66. The second kappa shape index (κ2) is 7.25. The van der Waals surface area contributed by atoms with Crippen LogP contribution in [0.5, 0.6) is 11.5 Å². The van der Waals surface area contributed by atoms with Gasteiger partial charge in [-0.2, -0.15) is 5.26 Å². The topological polar surface area (TPSA) is 83.4 Å². The van der Waals surface area contributed by atoms with E-state index in [1.54, 1.807) is 30.3 Å². The van der Waals surface area contributed by atoms with E-state index in [-0.39, 0.29) is 0 Å². The zero-order valence-electron chi connectivity index (χ0n) is 12.5. The molecule has 8 heteroatoms. The monoisotopic (exact) mass is 358 g/mol. The minimum Gasteiger partial charge on any atom is -0.453 e. The van der Waals surface area contributed by atoms with Crippen LogP contribution in [-0.2, 0) is 0 Å². The van der Waals surface area contributed by atoms with Gasteiger partial charge in [-0.3, -0.25) is 5.32 Å². The summed E-state index contributed by atoms with van der Waals surface area (Å²) in [7, 11) is 0. The third kappa shape index (κ3) is 3.45. The number of thioether (sulfide) groups is 1. The maximum atomic E-state index is 8.66. The smallest absolute Gasteiger partial charge is 0.183 e. The summed E-state index contributed by atoms with van der Waals surface area (Å²) in [5, 5.41) is 12.0. The van der Waals surface area contributed by atoms with Crippen molar-refractivity contribution < 1.29 is 9.15 Å². The number of aromatic nitrogens is 1. The summed E-state index contributed by atoms with van der Waals surface area (Å²) in [6.45, 7) is 0. The molecule has 2 aromatic carbocycles. The Hall–Kier alpha value is -2.69. The van der Waals surface area contributed by atoms with Gasteiger partial charge in [0.25, 0.3) is 0 Å². The summed E-state index contributed by atoms with van der Waals surface area (Å²) < 4.78 is 11.1. The van der Waals surface area contributed by atoms with E-state index in [4.69, 9.17) is 26.0 Å². The zero-order chi connectivity index (χ0) is 16.9. The summed E-state index contributed by atoms with van der Waals surface area (Å²) in [6, 6.07) is 10.5. The Balaban J connectivity index is 1.88. The zero-order valence-corrected chi connectivity index (χ0v) is 14.1. The average Bonchev–Trinajstić information content (AvgIpc) is 3.06. The standard InChI is InChI=1S/C16H11ClN4O2S/c1-24-16(19-8-18)21-10-5-6-12(11(17)7-10)23-14-4-2-3-13-15(14)20-9-22-13/h2-7,9H,1H3,(H,19,21). The van der Waals surface area contributed by atoms with E-state index in [0.29, 0.717) is 38.5 Å². The Kier molecular flexibility index (Phi) is 4.89. The van der Waals surface area contributed by atoms with Crippen molar-refractivity contribution in [3.8, 4) is 17.7 Å². The third-order valence-corrected chi connectivity index (χ3v) is 3.92. The molecular formula is C16H11ClN4O2S. The van der Waals surface area contributed by atoms with Crippen LogP contribution in [0.15, 0.2) is 52.2 Å². The number of hydrogen-bond acceptors (Lipinski definition) is 6. The van der Waals surface area contributed by atoms with E-state index in [1.165, 1.54) is 18.2 Å². The van der Waals surface area contributed by atoms with Gasteiger partial charge in [0, 0.05) is 0 Å². The van der Waals surface area contributed by atoms with Crippen molar-refractivity contribution in [1.29, 1.82) is 5.26 Å². The molecule has 0 aliphatic heterocycles.